The Hall–Kier alpha value is -1.34. The van der Waals surface area contributed by atoms with Crippen LogP contribution in [0.1, 0.15) is 11.1 Å². The van der Waals surface area contributed by atoms with Crippen molar-refractivity contribution in [3.8, 4) is 11.1 Å². The molecule has 21 heavy (non-hydrogen) atoms. The molecule has 1 aromatic carbocycles. The van der Waals surface area contributed by atoms with E-state index in [0.717, 1.165) is 23.3 Å². The number of alkyl halides is 3. The predicted molar refractivity (Wildman–Crippen MR) is 82.8 cm³/mol. The first-order valence-corrected chi connectivity index (χ1v) is 7.03. The first-order chi connectivity index (χ1) is 9.77. The summed E-state index contributed by atoms with van der Waals surface area (Å²) in [6, 6.07) is 6.86. The van der Waals surface area contributed by atoms with E-state index in [9.17, 15) is 13.2 Å². The number of halogens is 3. The van der Waals surface area contributed by atoms with Gasteiger partial charge < -0.3 is 5.32 Å². The summed E-state index contributed by atoms with van der Waals surface area (Å²) in [7, 11) is 0. The molecule has 2 nitrogen and oxygen atoms in total. The molecule has 0 fully saturated rings. The largest absolute Gasteiger partial charge is 0.416 e. The van der Waals surface area contributed by atoms with Crippen LogP contribution in [0.2, 0.25) is 0 Å². The molecule has 1 aliphatic rings. The molecule has 0 radical (unpaired) electrons. The molecule has 0 saturated carbocycles. The van der Waals surface area contributed by atoms with E-state index in [1.807, 2.05) is 6.07 Å². The summed E-state index contributed by atoms with van der Waals surface area (Å²) in [5.41, 5.74) is 1.56. The van der Waals surface area contributed by atoms with E-state index >= 15 is 0 Å². The van der Waals surface area contributed by atoms with Crippen molar-refractivity contribution in [1.82, 2.24) is 4.98 Å². The Labute approximate surface area is 130 Å². The molecule has 1 N–H and O–H groups in total. The van der Waals surface area contributed by atoms with E-state index in [1.54, 1.807) is 6.20 Å². The van der Waals surface area contributed by atoms with Gasteiger partial charge in [0.25, 0.3) is 0 Å². The molecule has 2 aromatic rings. The molecule has 0 bridgehead atoms. The normalized spacial score (nSPS) is 16.4. The summed E-state index contributed by atoms with van der Waals surface area (Å²) in [5, 5.41) is 3.09. The molecule has 0 aliphatic carbocycles. The SMILES string of the molecule is FC(F)(F)c1ccc(-c2cnc3c(c2)C(S)(S)CN3)cc1. The van der Waals surface area contributed by atoms with Crippen LogP contribution < -0.4 is 5.32 Å². The highest BCUT2D eigenvalue weighted by atomic mass is 32.2. The number of hydrogen-bond acceptors (Lipinski definition) is 4. The monoisotopic (exact) mass is 328 g/mol. The number of pyridine rings is 1. The first-order valence-electron chi connectivity index (χ1n) is 6.14. The topological polar surface area (TPSA) is 24.9 Å². The van der Waals surface area contributed by atoms with Crippen LogP contribution in [0.25, 0.3) is 11.1 Å². The van der Waals surface area contributed by atoms with Crippen molar-refractivity contribution in [3.63, 3.8) is 0 Å². The second-order valence-corrected chi connectivity index (χ2v) is 6.75. The summed E-state index contributed by atoms with van der Waals surface area (Å²) in [6.07, 6.45) is -2.71. The highest BCUT2D eigenvalue weighted by molar-refractivity contribution is 7.99. The molecule has 110 valence electrons. The fraction of sp³-hybridized carbons (Fsp3) is 0.214. The van der Waals surface area contributed by atoms with Crippen molar-refractivity contribution in [2.75, 3.05) is 11.9 Å². The van der Waals surface area contributed by atoms with Crippen molar-refractivity contribution in [1.29, 1.82) is 0 Å². The minimum atomic E-state index is -4.33. The Balaban J connectivity index is 1.99. The second-order valence-electron chi connectivity index (χ2n) is 4.87. The zero-order valence-corrected chi connectivity index (χ0v) is 12.4. The maximum absolute atomic E-state index is 12.6. The van der Waals surface area contributed by atoms with Crippen molar-refractivity contribution in [2.24, 2.45) is 0 Å². The summed E-state index contributed by atoms with van der Waals surface area (Å²) in [5.74, 6) is 0.704. The number of anilines is 1. The van der Waals surface area contributed by atoms with Crippen LogP contribution in [0.3, 0.4) is 0 Å². The van der Waals surface area contributed by atoms with E-state index < -0.39 is 15.8 Å². The highest BCUT2D eigenvalue weighted by Gasteiger charge is 2.33. The van der Waals surface area contributed by atoms with E-state index in [1.165, 1.54) is 12.1 Å². The maximum atomic E-state index is 12.6. The molecule has 2 heterocycles. The molecule has 0 amide bonds. The van der Waals surface area contributed by atoms with Crippen LogP contribution in [0.4, 0.5) is 19.0 Å². The van der Waals surface area contributed by atoms with Gasteiger partial charge in [0.1, 0.15) is 9.90 Å². The fourth-order valence-corrected chi connectivity index (χ4v) is 2.72. The first kappa shape index (κ1) is 14.6. The molecule has 7 heteroatoms. The Morgan fingerprint density at radius 3 is 2.38 bits per heavy atom. The van der Waals surface area contributed by atoms with Crippen molar-refractivity contribution >= 4 is 31.1 Å². The number of nitrogens with zero attached hydrogens (tertiary/aromatic N) is 1. The van der Waals surface area contributed by atoms with Gasteiger partial charge in [-0.3, -0.25) is 0 Å². The van der Waals surface area contributed by atoms with Gasteiger partial charge in [-0.2, -0.15) is 38.4 Å². The van der Waals surface area contributed by atoms with Gasteiger partial charge in [-0.15, -0.1) is 0 Å². The fourth-order valence-electron chi connectivity index (χ4n) is 2.22. The molecule has 0 spiro atoms. The lowest BCUT2D eigenvalue weighted by molar-refractivity contribution is -0.137. The highest BCUT2D eigenvalue weighted by Crippen LogP contribution is 2.43. The van der Waals surface area contributed by atoms with Crippen LogP contribution in [0.15, 0.2) is 36.5 Å². The third-order valence-electron chi connectivity index (χ3n) is 3.37. The lowest BCUT2D eigenvalue weighted by Gasteiger charge is -2.15. The molecule has 1 aliphatic heterocycles. The van der Waals surface area contributed by atoms with E-state index in [-0.39, 0.29) is 0 Å². The number of rotatable bonds is 1. The van der Waals surface area contributed by atoms with Crippen molar-refractivity contribution in [2.45, 2.75) is 10.3 Å². The molecular formula is C14H11F3N2S2. The maximum Gasteiger partial charge on any atom is 0.416 e. The number of hydrogen-bond donors (Lipinski definition) is 3. The van der Waals surface area contributed by atoms with Gasteiger partial charge in [0.2, 0.25) is 0 Å². The van der Waals surface area contributed by atoms with Gasteiger partial charge in [0.15, 0.2) is 0 Å². The van der Waals surface area contributed by atoms with E-state index in [2.05, 4.69) is 35.6 Å². The zero-order chi connectivity index (χ0) is 15.3. The van der Waals surface area contributed by atoms with Gasteiger partial charge in [0.05, 0.1) is 5.56 Å². The Bertz CT molecular complexity index is 682. The average molecular weight is 328 g/mol. The summed E-state index contributed by atoms with van der Waals surface area (Å²) >= 11 is 8.91. The van der Waals surface area contributed by atoms with Crippen molar-refractivity contribution in [3.05, 3.63) is 47.7 Å². The Kier molecular flexibility index (Phi) is 3.37. The van der Waals surface area contributed by atoms with Crippen LogP contribution in [-0.4, -0.2) is 11.5 Å². The Morgan fingerprint density at radius 1 is 1.10 bits per heavy atom. The standard InChI is InChI=1S/C14H11F3N2S2/c15-14(16,17)10-3-1-8(2-4-10)9-5-11-12(18-6-9)19-7-13(11,20)21/h1-6,20-21H,7H2,(H,18,19). The van der Waals surface area contributed by atoms with Crippen molar-refractivity contribution < 1.29 is 13.2 Å². The van der Waals surface area contributed by atoms with Crippen LogP contribution >= 0.6 is 25.3 Å². The van der Waals surface area contributed by atoms with Crippen LogP contribution in [0, 0.1) is 0 Å². The smallest absolute Gasteiger partial charge is 0.367 e. The molecule has 0 atom stereocenters. The van der Waals surface area contributed by atoms with Gasteiger partial charge in [-0.1, -0.05) is 12.1 Å². The number of nitrogens with one attached hydrogen (secondary N) is 1. The van der Waals surface area contributed by atoms with E-state index in [0.29, 0.717) is 17.9 Å². The van der Waals surface area contributed by atoms with Gasteiger partial charge >= 0.3 is 6.18 Å². The molecule has 0 unspecified atom stereocenters. The molecule has 1 aromatic heterocycles. The van der Waals surface area contributed by atoms with E-state index in [4.69, 9.17) is 0 Å². The third-order valence-corrected chi connectivity index (χ3v) is 4.16. The minimum Gasteiger partial charge on any atom is -0.367 e. The number of benzene rings is 1. The molecular weight excluding hydrogens is 317 g/mol. The summed E-state index contributed by atoms with van der Waals surface area (Å²) in [4.78, 5) is 4.27. The summed E-state index contributed by atoms with van der Waals surface area (Å²) < 4.78 is 37.1. The van der Waals surface area contributed by atoms with Gasteiger partial charge in [0, 0.05) is 23.9 Å². The average Bonchev–Trinajstić information content (AvgIpc) is 2.73. The zero-order valence-electron chi connectivity index (χ0n) is 10.6. The van der Waals surface area contributed by atoms with Crippen LogP contribution in [0.5, 0.6) is 0 Å². The minimum absolute atomic E-state index is 0.540. The Morgan fingerprint density at radius 2 is 1.76 bits per heavy atom. The van der Waals surface area contributed by atoms with Crippen LogP contribution in [-0.2, 0) is 10.3 Å². The molecule has 3 rings (SSSR count). The lowest BCUT2D eigenvalue weighted by Crippen LogP contribution is -2.12. The predicted octanol–water partition coefficient (Wildman–Crippen LogP) is 4.21. The number of thiol groups is 2. The lowest BCUT2D eigenvalue weighted by atomic mass is 10.0. The second kappa shape index (κ2) is 4.84. The van der Waals surface area contributed by atoms with Gasteiger partial charge in [-0.05, 0) is 23.8 Å². The quantitative estimate of drug-likeness (QED) is 0.540. The number of fused-ring (bicyclic) bond motifs is 1. The van der Waals surface area contributed by atoms with Gasteiger partial charge in [-0.25, -0.2) is 4.98 Å². The molecule has 0 saturated heterocycles. The number of aromatic nitrogens is 1. The third kappa shape index (κ3) is 2.72. The summed E-state index contributed by atoms with van der Waals surface area (Å²) in [6.45, 7) is 0.540.